The maximum absolute atomic E-state index is 13.8. The largest absolute Gasteiger partial charge is 0.365 e. The standard InChI is InChI=1S/C19H21FN2O2S/c1-3-4-5-11-8-15-16(18(21)24)19(22-10(2)23)25-17(15)13-7-6-12(20)9-14(11)13/h6-7,9,11H,3-5,8H2,1-2H3,(H2,21,24)(H,22,23). The Morgan fingerprint density at radius 2 is 2.16 bits per heavy atom. The number of unbranched alkanes of at least 4 members (excludes halogenated alkanes) is 1. The molecule has 1 aromatic carbocycles. The molecule has 4 nitrogen and oxygen atoms in total. The molecule has 1 aromatic heterocycles. The lowest BCUT2D eigenvalue weighted by molar-refractivity contribution is -0.114. The van der Waals surface area contributed by atoms with E-state index in [-0.39, 0.29) is 17.6 Å². The van der Waals surface area contributed by atoms with E-state index < -0.39 is 5.91 Å². The molecule has 2 amide bonds. The number of rotatable bonds is 5. The first kappa shape index (κ1) is 17.6. The van der Waals surface area contributed by atoms with Crippen molar-refractivity contribution in [3.8, 4) is 10.4 Å². The molecule has 1 unspecified atom stereocenters. The highest BCUT2D eigenvalue weighted by atomic mass is 32.1. The van der Waals surface area contributed by atoms with Crippen molar-refractivity contribution in [2.45, 2.75) is 45.4 Å². The van der Waals surface area contributed by atoms with Crippen molar-refractivity contribution in [1.29, 1.82) is 0 Å². The maximum atomic E-state index is 13.8. The summed E-state index contributed by atoms with van der Waals surface area (Å²) in [6.07, 6.45) is 3.65. The first-order valence-electron chi connectivity index (χ1n) is 8.45. The molecule has 2 aromatic rings. The molecular weight excluding hydrogens is 339 g/mol. The molecule has 1 atom stereocenters. The van der Waals surface area contributed by atoms with Crippen LogP contribution in [-0.2, 0) is 11.2 Å². The number of amides is 2. The quantitative estimate of drug-likeness (QED) is 0.827. The third-order valence-corrected chi connectivity index (χ3v) is 5.78. The molecule has 1 aliphatic carbocycles. The highest BCUT2D eigenvalue weighted by Crippen LogP contribution is 2.49. The first-order valence-corrected chi connectivity index (χ1v) is 9.26. The van der Waals surface area contributed by atoms with Gasteiger partial charge in [-0.1, -0.05) is 25.8 Å². The van der Waals surface area contributed by atoms with Gasteiger partial charge in [0.25, 0.3) is 5.91 Å². The summed E-state index contributed by atoms with van der Waals surface area (Å²) in [5, 5.41) is 3.20. The fourth-order valence-corrected chi connectivity index (χ4v) is 4.86. The van der Waals surface area contributed by atoms with Crippen LogP contribution in [0.2, 0.25) is 0 Å². The van der Waals surface area contributed by atoms with E-state index in [1.54, 1.807) is 12.1 Å². The van der Waals surface area contributed by atoms with E-state index in [2.05, 4.69) is 12.2 Å². The minimum Gasteiger partial charge on any atom is -0.365 e. The predicted octanol–water partition coefficient (Wildman–Crippen LogP) is 4.44. The molecule has 0 radical (unpaired) electrons. The van der Waals surface area contributed by atoms with Gasteiger partial charge in [-0.05, 0) is 47.6 Å². The molecule has 0 saturated heterocycles. The van der Waals surface area contributed by atoms with Gasteiger partial charge in [-0.3, -0.25) is 9.59 Å². The van der Waals surface area contributed by atoms with Gasteiger partial charge < -0.3 is 11.1 Å². The van der Waals surface area contributed by atoms with Crippen LogP contribution in [0.5, 0.6) is 0 Å². The molecule has 0 saturated carbocycles. The number of hydrogen-bond acceptors (Lipinski definition) is 3. The molecular formula is C19H21FN2O2S. The minimum absolute atomic E-state index is 0.149. The first-order chi connectivity index (χ1) is 11.9. The van der Waals surface area contributed by atoms with E-state index >= 15 is 0 Å². The number of hydrogen-bond donors (Lipinski definition) is 2. The normalized spacial score (nSPS) is 15.4. The van der Waals surface area contributed by atoms with Crippen LogP contribution in [0, 0.1) is 5.82 Å². The number of halogens is 1. The number of nitrogens with two attached hydrogens (primary N) is 1. The number of primary amides is 1. The fraction of sp³-hybridized carbons (Fsp3) is 0.368. The Kier molecular flexibility index (Phi) is 4.90. The second kappa shape index (κ2) is 6.96. The maximum Gasteiger partial charge on any atom is 0.252 e. The van der Waals surface area contributed by atoms with Gasteiger partial charge in [0.15, 0.2) is 0 Å². The van der Waals surface area contributed by atoms with E-state index in [1.165, 1.54) is 24.3 Å². The van der Waals surface area contributed by atoms with Gasteiger partial charge in [-0.25, -0.2) is 4.39 Å². The summed E-state index contributed by atoms with van der Waals surface area (Å²) in [5.41, 5.74) is 8.79. The van der Waals surface area contributed by atoms with Crippen molar-refractivity contribution < 1.29 is 14.0 Å². The number of anilines is 1. The molecule has 1 aliphatic rings. The summed E-state index contributed by atoms with van der Waals surface area (Å²) in [4.78, 5) is 24.4. The zero-order valence-electron chi connectivity index (χ0n) is 14.3. The summed E-state index contributed by atoms with van der Waals surface area (Å²) in [7, 11) is 0. The average Bonchev–Trinajstić information content (AvgIpc) is 2.89. The lowest BCUT2D eigenvalue weighted by atomic mass is 9.78. The molecule has 0 aliphatic heterocycles. The second-order valence-corrected chi connectivity index (χ2v) is 7.45. The summed E-state index contributed by atoms with van der Waals surface area (Å²) < 4.78 is 13.8. The average molecular weight is 360 g/mol. The van der Waals surface area contributed by atoms with E-state index in [0.29, 0.717) is 17.0 Å². The second-order valence-electron chi connectivity index (χ2n) is 6.43. The number of carbonyl (C=O) groups is 2. The smallest absolute Gasteiger partial charge is 0.252 e. The van der Waals surface area contributed by atoms with E-state index in [9.17, 15) is 14.0 Å². The van der Waals surface area contributed by atoms with Crippen LogP contribution in [0.1, 0.15) is 60.5 Å². The van der Waals surface area contributed by atoms with Crippen LogP contribution in [0.3, 0.4) is 0 Å². The molecule has 3 rings (SSSR count). The number of thiophene rings is 1. The minimum atomic E-state index is -0.541. The third kappa shape index (κ3) is 3.31. The van der Waals surface area contributed by atoms with Crippen LogP contribution in [0.15, 0.2) is 18.2 Å². The van der Waals surface area contributed by atoms with Gasteiger partial charge >= 0.3 is 0 Å². The summed E-state index contributed by atoms with van der Waals surface area (Å²) in [6, 6.07) is 4.80. The summed E-state index contributed by atoms with van der Waals surface area (Å²) in [6.45, 7) is 3.52. The molecule has 6 heteroatoms. The number of nitrogens with one attached hydrogen (secondary N) is 1. The van der Waals surface area contributed by atoms with Crippen molar-refractivity contribution in [2.75, 3.05) is 5.32 Å². The van der Waals surface area contributed by atoms with Crippen LogP contribution >= 0.6 is 11.3 Å². The van der Waals surface area contributed by atoms with Crippen molar-refractivity contribution in [1.82, 2.24) is 0 Å². The fourth-order valence-electron chi connectivity index (χ4n) is 3.53. The van der Waals surface area contributed by atoms with Crippen molar-refractivity contribution >= 4 is 28.2 Å². The molecule has 0 fully saturated rings. The molecule has 132 valence electrons. The highest BCUT2D eigenvalue weighted by Gasteiger charge is 2.32. The molecule has 25 heavy (non-hydrogen) atoms. The van der Waals surface area contributed by atoms with Gasteiger partial charge in [0.2, 0.25) is 5.91 Å². The van der Waals surface area contributed by atoms with Crippen LogP contribution in [0.4, 0.5) is 9.39 Å². The third-order valence-electron chi connectivity index (χ3n) is 4.60. The van der Waals surface area contributed by atoms with E-state index in [1.807, 2.05) is 0 Å². The molecule has 3 N–H and O–H groups in total. The SMILES string of the molecule is CCCCC1Cc2c(sc(NC(C)=O)c2C(N)=O)-c2ccc(F)cc21. The Labute approximate surface area is 150 Å². The van der Waals surface area contributed by atoms with Crippen LogP contribution in [0.25, 0.3) is 10.4 Å². The van der Waals surface area contributed by atoms with Crippen LogP contribution in [-0.4, -0.2) is 11.8 Å². The van der Waals surface area contributed by atoms with Gasteiger partial charge in [-0.2, -0.15) is 0 Å². The molecule has 1 heterocycles. The van der Waals surface area contributed by atoms with Crippen molar-refractivity contribution in [3.05, 3.63) is 40.7 Å². The van der Waals surface area contributed by atoms with Gasteiger partial charge in [0, 0.05) is 11.8 Å². The number of benzene rings is 1. The topological polar surface area (TPSA) is 72.2 Å². The van der Waals surface area contributed by atoms with E-state index in [0.717, 1.165) is 40.8 Å². The monoisotopic (exact) mass is 360 g/mol. The van der Waals surface area contributed by atoms with E-state index in [4.69, 9.17) is 5.73 Å². The Morgan fingerprint density at radius 1 is 1.40 bits per heavy atom. The Morgan fingerprint density at radius 3 is 2.80 bits per heavy atom. The zero-order chi connectivity index (χ0) is 18.1. The summed E-state index contributed by atoms with van der Waals surface area (Å²) in [5.74, 6) is -0.891. The van der Waals surface area contributed by atoms with Crippen molar-refractivity contribution in [3.63, 3.8) is 0 Å². The summed E-state index contributed by atoms with van der Waals surface area (Å²) >= 11 is 1.34. The van der Waals surface area contributed by atoms with Gasteiger partial charge in [0.05, 0.1) is 5.56 Å². The highest BCUT2D eigenvalue weighted by molar-refractivity contribution is 7.20. The predicted molar refractivity (Wildman–Crippen MR) is 98.5 cm³/mol. The Balaban J connectivity index is 2.17. The number of carbonyl (C=O) groups excluding carboxylic acids is 2. The Hall–Kier alpha value is -2.21. The lowest BCUT2D eigenvalue weighted by Crippen LogP contribution is -2.19. The number of fused-ring (bicyclic) bond motifs is 3. The van der Waals surface area contributed by atoms with Crippen LogP contribution < -0.4 is 11.1 Å². The lowest BCUT2D eigenvalue weighted by Gasteiger charge is -2.26. The Bertz CT molecular complexity index is 844. The van der Waals surface area contributed by atoms with Gasteiger partial charge in [0.1, 0.15) is 10.8 Å². The van der Waals surface area contributed by atoms with Crippen molar-refractivity contribution in [2.24, 2.45) is 5.73 Å². The molecule has 0 bridgehead atoms. The van der Waals surface area contributed by atoms with Gasteiger partial charge in [-0.15, -0.1) is 11.3 Å². The molecule has 0 spiro atoms. The zero-order valence-corrected chi connectivity index (χ0v) is 15.1.